The van der Waals surface area contributed by atoms with E-state index < -0.39 is 5.97 Å². The van der Waals surface area contributed by atoms with Crippen LogP contribution in [-0.2, 0) is 16.1 Å². The molecule has 2 heterocycles. The Bertz CT molecular complexity index is 845. The van der Waals surface area contributed by atoms with Crippen LogP contribution in [0.15, 0.2) is 60.1 Å². The van der Waals surface area contributed by atoms with Crippen LogP contribution in [0.4, 0.5) is 4.39 Å². The molecule has 0 aliphatic rings. The molecule has 0 saturated carbocycles. The van der Waals surface area contributed by atoms with Crippen LogP contribution in [0.1, 0.15) is 11.4 Å². The molecule has 0 spiro atoms. The van der Waals surface area contributed by atoms with E-state index in [0.717, 1.165) is 10.6 Å². The predicted molar refractivity (Wildman–Crippen MR) is 90.6 cm³/mol. The molecular weight excluding hydrogens is 327 g/mol. The Kier molecular flexibility index (Phi) is 5.08. The summed E-state index contributed by atoms with van der Waals surface area (Å²) in [5, 5.41) is 2.57. The number of benzene rings is 1. The number of nitrogens with zero attached hydrogens (tertiary/aromatic N) is 2. The minimum Gasteiger partial charge on any atom is -0.456 e. The molecule has 1 aromatic carbocycles. The third kappa shape index (κ3) is 4.33. The van der Waals surface area contributed by atoms with Crippen molar-refractivity contribution in [2.24, 2.45) is 0 Å². The SMILES string of the molecule is O=C(C=Cc1ccccn1)OCc1csc(-c2ccc(F)cc2)n1. The van der Waals surface area contributed by atoms with Crippen molar-refractivity contribution in [3.05, 3.63) is 77.3 Å². The maximum absolute atomic E-state index is 12.9. The first-order valence-corrected chi connectivity index (χ1v) is 8.05. The highest BCUT2D eigenvalue weighted by atomic mass is 32.1. The fraction of sp³-hybridized carbons (Fsp3) is 0.0556. The molecule has 0 bridgehead atoms. The fourth-order valence-electron chi connectivity index (χ4n) is 1.92. The lowest BCUT2D eigenvalue weighted by atomic mass is 10.2. The molecule has 0 atom stereocenters. The first-order chi connectivity index (χ1) is 11.7. The lowest BCUT2D eigenvalue weighted by molar-refractivity contribution is -0.139. The molecule has 0 saturated heterocycles. The summed E-state index contributed by atoms with van der Waals surface area (Å²) >= 11 is 1.42. The number of halogens is 1. The number of carbonyl (C=O) groups excluding carboxylic acids is 1. The van der Waals surface area contributed by atoms with Crippen molar-refractivity contribution in [3.63, 3.8) is 0 Å². The maximum Gasteiger partial charge on any atom is 0.331 e. The summed E-state index contributed by atoms with van der Waals surface area (Å²) in [6.07, 6.45) is 4.57. The molecule has 0 aliphatic heterocycles. The molecule has 0 fully saturated rings. The Morgan fingerprint density at radius 1 is 1.21 bits per heavy atom. The van der Waals surface area contributed by atoms with Crippen molar-refractivity contribution in [3.8, 4) is 10.6 Å². The number of ether oxygens (including phenoxy) is 1. The van der Waals surface area contributed by atoms with E-state index in [9.17, 15) is 9.18 Å². The van der Waals surface area contributed by atoms with Gasteiger partial charge in [0, 0.05) is 23.2 Å². The predicted octanol–water partition coefficient (Wildman–Crippen LogP) is 4.10. The Hall–Kier alpha value is -2.86. The van der Waals surface area contributed by atoms with Gasteiger partial charge in [0.1, 0.15) is 17.4 Å². The van der Waals surface area contributed by atoms with E-state index in [1.807, 2.05) is 11.4 Å². The van der Waals surface area contributed by atoms with Gasteiger partial charge in [0.2, 0.25) is 0 Å². The van der Waals surface area contributed by atoms with Crippen LogP contribution in [0.2, 0.25) is 0 Å². The Morgan fingerprint density at radius 2 is 2.04 bits per heavy atom. The van der Waals surface area contributed by atoms with Crippen molar-refractivity contribution in [1.82, 2.24) is 9.97 Å². The fourth-order valence-corrected chi connectivity index (χ4v) is 2.73. The number of esters is 1. The number of hydrogen-bond acceptors (Lipinski definition) is 5. The van der Waals surface area contributed by atoms with Crippen molar-refractivity contribution >= 4 is 23.4 Å². The number of aromatic nitrogens is 2. The monoisotopic (exact) mass is 340 g/mol. The minimum atomic E-state index is -0.461. The van der Waals surface area contributed by atoms with Gasteiger partial charge in [0.25, 0.3) is 0 Å². The molecule has 3 rings (SSSR count). The average Bonchev–Trinajstić information content (AvgIpc) is 3.09. The summed E-state index contributed by atoms with van der Waals surface area (Å²) in [6.45, 7) is 0.0864. The molecule has 0 aliphatic carbocycles. The average molecular weight is 340 g/mol. The molecule has 0 amide bonds. The van der Waals surface area contributed by atoms with E-state index in [2.05, 4.69) is 9.97 Å². The van der Waals surface area contributed by atoms with Gasteiger partial charge < -0.3 is 4.74 Å². The second-order valence-electron chi connectivity index (χ2n) is 4.85. The quantitative estimate of drug-likeness (QED) is 0.518. The molecule has 6 heteroatoms. The van der Waals surface area contributed by atoms with Crippen LogP contribution in [-0.4, -0.2) is 15.9 Å². The van der Waals surface area contributed by atoms with E-state index in [4.69, 9.17) is 4.74 Å². The Morgan fingerprint density at radius 3 is 2.79 bits per heavy atom. The zero-order chi connectivity index (χ0) is 16.8. The van der Waals surface area contributed by atoms with Crippen LogP contribution in [0, 0.1) is 5.82 Å². The van der Waals surface area contributed by atoms with Crippen LogP contribution in [0.3, 0.4) is 0 Å². The van der Waals surface area contributed by atoms with Crippen molar-refractivity contribution in [1.29, 1.82) is 0 Å². The molecule has 24 heavy (non-hydrogen) atoms. The topological polar surface area (TPSA) is 52.1 Å². The number of carbonyl (C=O) groups is 1. The molecule has 120 valence electrons. The zero-order valence-corrected chi connectivity index (χ0v) is 13.4. The number of pyridine rings is 1. The smallest absolute Gasteiger partial charge is 0.331 e. The zero-order valence-electron chi connectivity index (χ0n) is 12.6. The van der Waals surface area contributed by atoms with E-state index in [1.165, 1.54) is 29.5 Å². The summed E-state index contributed by atoms with van der Waals surface area (Å²) in [5.74, 6) is -0.749. The normalized spacial score (nSPS) is 10.9. The number of hydrogen-bond donors (Lipinski definition) is 0. The van der Waals surface area contributed by atoms with Gasteiger partial charge in [-0.15, -0.1) is 11.3 Å². The molecule has 2 aromatic heterocycles. The largest absolute Gasteiger partial charge is 0.456 e. The summed E-state index contributed by atoms with van der Waals surface area (Å²) in [4.78, 5) is 20.2. The first kappa shape index (κ1) is 16.0. The standard InChI is InChI=1S/C18H13FN2O2S/c19-14-6-4-13(5-7-14)18-21-16(12-24-18)11-23-17(22)9-8-15-3-1-2-10-20-15/h1-10,12H,11H2. The highest BCUT2D eigenvalue weighted by Gasteiger charge is 2.07. The van der Waals surface area contributed by atoms with Gasteiger partial charge in [-0.05, 0) is 42.5 Å². The van der Waals surface area contributed by atoms with Crippen molar-refractivity contribution in [2.45, 2.75) is 6.61 Å². The highest BCUT2D eigenvalue weighted by molar-refractivity contribution is 7.13. The van der Waals surface area contributed by atoms with Crippen molar-refractivity contribution < 1.29 is 13.9 Å². The number of rotatable bonds is 5. The summed E-state index contributed by atoms with van der Waals surface area (Å²) < 4.78 is 18.1. The van der Waals surface area contributed by atoms with E-state index in [0.29, 0.717) is 11.4 Å². The second-order valence-corrected chi connectivity index (χ2v) is 5.70. The Labute approximate surface area is 142 Å². The lowest BCUT2D eigenvalue weighted by Crippen LogP contribution is -2.01. The van der Waals surface area contributed by atoms with Crippen molar-refractivity contribution in [2.75, 3.05) is 0 Å². The lowest BCUT2D eigenvalue weighted by Gasteiger charge is -1.99. The molecular formula is C18H13FN2O2S. The summed E-state index contributed by atoms with van der Waals surface area (Å²) in [6, 6.07) is 11.5. The maximum atomic E-state index is 12.9. The van der Waals surface area contributed by atoms with Gasteiger partial charge in [0.05, 0.1) is 11.4 Å². The van der Waals surface area contributed by atoms with Gasteiger partial charge in [-0.3, -0.25) is 4.98 Å². The Balaban J connectivity index is 1.56. The summed E-state index contributed by atoms with van der Waals surface area (Å²) in [7, 11) is 0. The van der Waals surface area contributed by atoms with Gasteiger partial charge in [-0.2, -0.15) is 0 Å². The highest BCUT2D eigenvalue weighted by Crippen LogP contribution is 2.24. The van der Waals surface area contributed by atoms with E-state index in [1.54, 1.807) is 36.5 Å². The van der Waals surface area contributed by atoms with Gasteiger partial charge in [0.15, 0.2) is 0 Å². The third-order valence-corrected chi connectivity index (χ3v) is 4.02. The molecule has 4 nitrogen and oxygen atoms in total. The molecule has 0 N–H and O–H groups in total. The number of thiazole rings is 1. The van der Waals surface area contributed by atoms with Gasteiger partial charge in [-0.25, -0.2) is 14.2 Å². The third-order valence-electron chi connectivity index (χ3n) is 3.08. The molecule has 0 radical (unpaired) electrons. The van der Waals surface area contributed by atoms with Gasteiger partial charge >= 0.3 is 5.97 Å². The van der Waals surface area contributed by atoms with Gasteiger partial charge in [-0.1, -0.05) is 6.07 Å². The molecule has 0 unspecified atom stereocenters. The second kappa shape index (κ2) is 7.61. The van der Waals surface area contributed by atoms with Crippen LogP contribution in [0.5, 0.6) is 0 Å². The minimum absolute atomic E-state index is 0.0864. The van der Waals surface area contributed by atoms with E-state index >= 15 is 0 Å². The van der Waals surface area contributed by atoms with E-state index in [-0.39, 0.29) is 12.4 Å². The summed E-state index contributed by atoms with van der Waals surface area (Å²) in [5.41, 5.74) is 2.16. The van der Waals surface area contributed by atoms with Crippen LogP contribution < -0.4 is 0 Å². The first-order valence-electron chi connectivity index (χ1n) is 7.17. The van der Waals surface area contributed by atoms with Crippen LogP contribution in [0.25, 0.3) is 16.6 Å². The van der Waals surface area contributed by atoms with Crippen LogP contribution >= 0.6 is 11.3 Å². The molecule has 3 aromatic rings.